The fraction of sp³-hybridized carbons (Fsp3) is 0.200. The lowest BCUT2D eigenvalue weighted by molar-refractivity contribution is -0.135. The Balaban J connectivity index is 0.000000459. The number of hydrogen-bond donors (Lipinski definition) is 1. The minimum absolute atomic E-state index is 0.267. The van der Waals surface area contributed by atoms with E-state index in [1.54, 1.807) is 0 Å². The molecule has 0 fully saturated rings. The molecule has 0 aromatic heterocycles. The molecule has 102 valence electrons. The van der Waals surface area contributed by atoms with E-state index in [2.05, 4.69) is 17.9 Å². The molecule has 1 rings (SSSR count). The highest BCUT2D eigenvalue weighted by atomic mass is 16.5. The molecule has 0 aliphatic heterocycles. The van der Waals surface area contributed by atoms with E-state index in [0.717, 1.165) is 18.1 Å². The van der Waals surface area contributed by atoms with Crippen LogP contribution in [0.4, 0.5) is 0 Å². The number of carboxylic acid groups (broad SMARTS) is 1. The summed E-state index contributed by atoms with van der Waals surface area (Å²) in [7, 11) is 1.31. The smallest absolute Gasteiger partial charge is 0.330 e. The van der Waals surface area contributed by atoms with Gasteiger partial charge in [0.15, 0.2) is 0 Å². The normalized spacial score (nSPS) is 8.68. The van der Waals surface area contributed by atoms with E-state index >= 15 is 0 Å². The monoisotopic (exact) mass is 262 g/mol. The van der Waals surface area contributed by atoms with Crippen molar-refractivity contribution in [3.05, 3.63) is 60.7 Å². The van der Waals surface area contributed by atoms with Crippen molar-refractivity contribution in [2.24, 2.45) is 0 Å². The van der Waals surface area contributed by atoms with E-state index in [1.165, 1.54) is 7.11 Å². The number of aliphatic carboxylic acids is 1. The number of esters is 1. The van der Waals surface area contributed by atoms with Crippen molar-refractivity contribution >= 4 is 11.9 Å². The largest absolute Gasteiger partial charge is 0.478 e. The van der Waals surface area contributed by atoms with Crippen molar-refractivity contribution in [2.75, 3.05) is 7.11 Å². The molecule has 1 aromatic carbocycles. The van der Waals surface area contributed by atoms with Crippen molar-refractivity contribution < 1.29 is 19.4 Å². The summed E-state index contributed by atoms with van der Waals surface area (Å²) in [6.45, 7) is 6.63. The van der Waals surface area contributed by atoms with E-state index in [1.807, 2.05) is 30.3 Å². The van der Waals surface area contributed by atoms with Gasteiger partial charge in [-0.3, -0.25) is 0 Å². The molecule has 1 aromatic rings. The Morgan fingerprint density at radius 1 is 1.32 bits per heavy atom. The molecule has 0 radical (unpaired) electrons. The molecule has 0 spiro atoms. The Morgan fingerprint density at radius 2 is 1.89 bits per heavy atom. The zero-order chi connectivity index (χ0) is 14.7. The zero-order valence-electron chi connectivity index (χ0n) is 11.0. The summed E-state index contributed by atoms with van der Waals surface area (Å²) in [5.41, 5.74) is 1.41. The number of ether oxygens (including phenoxy) is 1. The summed E-state index contributed by atoms with van der Waals surface area (Å²) in [6, 6.07) is 9.79. The summed E-state index contributed by atoms with van der Waals surface area (Å²) in [4.78, 5) is 20.3. The second kappa shape index (κ2) is 9.65. The first kappa shape index (κ1) is 16.6. The summed E-state index contributed by atoms with van der Waals surface area (Å²) in [5, 5.41) is 8.56. The minimum Gasteiger partial charge on any atom is -0.478 e. The van der Waals surface area contributed by atoms with E-state index in [9.17, 15) is 9.59 Å². The van der Waals surface area contributed by atoms with Crippen LogP contribution in [0.15, 0.2) is 55.1 Å². The van der Waals surface area contributed by atoms with Gasteiger partial charge in [-0.15, -0.1) is 0 Å². The Kier molecular flexibility index (Phi) is 8.45. The lowest BCUT2D eigenvalue weighted by atomic mass is 10.1. The maximum absolute atomic E-state index is 10.4. The maximum Gasteiger partial charge on any atom is 0.330 e. The van der Waals surface area contributed by atoms with Crippen LogP contribution in [0.3, 0.4) is 0 Å². The van der Waals surface area contributed by atoms with E-state index in [0.29, 0.717) is 6.42 Å². The lowest BCUT2D eigenvalue weighted by Gasteiger charge is -2.00. The van der Waals surface area contributed by atoms with Crippen molar-refractivity contribution in [1.82, 2.24) is 0 Å². The molecule has 0 unspecified atom stereocenters. The highest BCUT2D eigenvalue weighted by Gasteiger charge is 2.03. The van der Waals surface area contributed by atoms with Gasteiger partial charge in [0.25, 0.3) is 0 Å². The first-order chi connectivity index (χ1) is 9.01. The first-order valence-electron chi connectivity index (χ1n) is 5.66. The van der Waals surface area contributed by atoms with Crippen LogP contribution in [-0.4, -0.2) is 24.2 Å². The van der Waals surface area contributed by atoms with E-state index < -0.39 is 11.9 Å². The van der Waals surface area contributed by atoms with Gasteiger partial charge in [-0.1, -0.05) is 43.5 Å². The van der Waals surface area contributed by atoms with Gasteiger partial charge >= 0.3 is 11.9 Å². The number of carboxylic acids is 1. The van der Waals surface area contributed by atoms with Crippen molar-refractivity contribution in [1.29, 1.82) is 0 Å². The molecule has 0 bridgehead atoms. The number of rotatable bonds is 5. The number of aryl methyl sites for hydroxylation is 1. The second-order valence-corrected chi connectivity index (χ2v) is 3.62. The van der Waals surface area contributed by atoms with Gasteiger partial charge in [0.1, 0.15) is 0 Å². The standard InChI is InChI=1S/C11H12O2.C4H6O2/c1-9(11(12)13)7-8-10-5-3-2-4-6-10;1-3-4(5)6-2/h2-6H,1,7-8H2,(H,12,13);3H,1H2,2H3. The van der Waals surface area contributed by atoms with E-state index in [4.69, 9.17) is 5.11 Å². The lowest BCUT2D eigenvalue weighted by Crippen LogP contribution is -2.00. The number of carbonyl (C=O) groups excluding carboxylic acids is 1. The summed E-state index contributed by atoms with van der Waals surface area (Å²) < 4.78 is 4.14. The predicted octanol–water partition coefficient (Wildman–Crippen LogP) is 2.61. The molecule has 0 atom stereocenters. The Hall–Kier alpha value is -2.36. The van der Waals surface area contributed by atoms with E-state index in [-0.39, 0.29) is 5.57 Å². The minimum atomic E-state index is -0.907. The first-order valence-corrected chi connectivity index (χ1v) is 5.66. The Morgan fingerprint density at radius 3 is 2.26 bits per heavy atom. The van der Waals surface area contributed by atoms with Crippen LogP contribution >= 0.6 is 0 Å². The van der Waals surface area contributed by atoms with Crippen LogP contribution < -0.4 is 0 Å². The molecule has 0 amide bonds. The third-order valence-corrected chi connectivity index (χ3v) is 2.23. The molecular formula is C15H18O4. The molecule has 0 saturated carbocycles. The van der Waals surface area contributed by atoms with Crippen LogP contribution in [0.1, 0.15) is 12.0 Å². The van der Waals surface area contributed by atoms with Crippen LogP contribution in [0.2, 0.25) is 0 Å². The fourth-order valence-electron chi connectivity index (χ4n) is 1.13. The molecule has 19 heavy (non-hydrogen) atoms. The molecule has 1 N–H and O–H groups in total. The molecule has 0 aliphatic rings. The number of benzene rings is 1. The quantitative estimate of drug-likeness (QED) is 0.654. The molecular weight excluding hydrogens is 244 g/mol. The van der Waals surface area contributed by atoms with Crippen LogP contribution in [0.25, 0.3) is 0 Å². The molecule has 4 nitrogen and oxygen atoms in total. The predicted molar refractivity (Wildman–Crippen MR) is 73.8 cm³/mol. The molecule has 4 heteroatoms. The molecule has 0 aliphatic carbocycles. The van der Waals surface area contributed by atoms with Gasteiger partial charge in [-0.05, 0) is 18.4 Å². The summed E-state index contributed by atoms with van der Waals surface area (Å²) in [6.07, 6.45) is 2.37. The zero-order valence-corrected chi connectivity index (χ0v) is 11.0. The third-order valence-electron chi connectivity index (χ3n) is 2.23. The van der Waals surface area contributed by atoms with Crippen LogP contribution in [-0.2, 0) is 20.7 Å². The average molecular weight is 262 g/mol. The summed E-state index contributed by atoms with van der Waals surface area (Å²) >= 11 is 0. The van der Waals surface area contributed by atoms with Gasteiger partial charge in [-0.2, -0.15) is 0 Å². The maximum atomic E-state index is 10.4. The summed E-state index contributed by atoms with van der Waals surface area (Å²) in [5.74, 6) is -1.30. The second-order valence-electron chi connectivity index (χ2n) is 3.62. The third kappa shape index (κ3) is 8.37. The van der Waals surface area contributed by atoms with Crippen LogP contribution in [0.5, 0.6) is 0 Å². The SMILES string of the molecule is C=C(CCc1ccccc1)C(=O)O.C=CC(=O)OC. The molecule has 0 saturated heterocycles. The topological polar surface area (TPSA) is 63.6 Å². The average Bonchev–Trinajstić information content (AvgIpc) is 2.45. The van der Waals surface area contributed by atoms with Gasteiger partial charge in [0.05, 0.1) is 7.11 Å². The van der Waals surface area contributed by atoms with Gasteiger partial charge in [-0.25, -0.2) is 9.59 Å². The number of carbonyl (C=O) groups is 2. The Bertz CT molecular complexity index is 435. The molecule has 0 heterocycles. The van der Waals surface area contributed by atoms with Crippen molar-refractivity contribution in [3.8, 4) is 0 Å². The van der Waals surface area contributed by atoms with Gasteiger partial charge in [0, 0.05) is 11.6 Å². The highest BCUT2D eigenvalue weighted by Crippen LogP contribution is 2.07. The van der Waals surface area contributed by atoms with Crippen molar-refractivity contribution in [2.45, 2.75) is 12.8 Å². The van der Waals surface area contributed by atoms with Crippen molar-refractivity contribution in [3.63, 3.8) is 0 Å². The van der Waals surface area contributed by atoms with Gasteiger partial charge in [0.2, 0.25) is 0 Å². The fourth-order valence-corrected chi connectivity index (χ4v) is 1.13. The van der Waals surface area contributed by atoms with Gasteiger partial charge < -0.3 is 9.84 Å². The number of methoxy groups -OCH3 is 1. The highest BCUT2D eigenvalue weighted by molar-refractivity contribution is 5.85. The number of hydrogen-bond acceptors (Lipinski definition) is 3. The van der Waals surface area contributed by atoms with Crippen LogP contribution in [0, 0.1) is 0 Å². The Labute approximate surface area is 113 Å².